The van der Waals surface area contributed by atoms with Gasteiger partial charge in [0.05, 0.1) is 7.11 Å². The number of benzene rings is 1. The Hall–Kier alpha value is -1.23. The van der Waals surface area contributed by atoms with Crippen molar-refractivity contribution in [3.8, 4) is 5.75 Å². The molecule has 1 atom stereocenters. The third kappa shape index (κ3) is 5.96. The van der Waals surface area contributed by atoms with Crippen molar-refractivity contribution in [1.29, 1.82) is 0 Å². The summed E-state index contributed by atoms with van der Waals surface area (Å²) in [6.07, 6.45) is -4.08. The lowest BCUT2D eigenvalue weighted by Gasteiger charge is -2.17. The average Bonchev–Trinajstić information content (AvgIpc) is 2.36. The first-order chi connectivity index (χ1) is 8.94. The van der Waals surface area contributed by atoms with E-state index < -0.39 is 12.6 Å². The predicted molar refractivity (Wildman–Crippen MR) is 69.3 cm³/mol. The molecule has 0 saturated carbocycles. The van der Waals surface area contributed by atoms with E-state index in [1.165, 1.54) is 0 Å². The fraction of sp³-hybridized carbons (Fsp3) is 0.571. The summed E-state index contributed by atoms with van der Waals surface area (Å²) in [6, 6.07) is 7.68. The van der Waals surface area contributed by atoms with Crippen molar-refractivity contribution in [1.82, 2.24) is 5.32 Å². The number of unbranched alkanes of at least 4 members (excludes halogenated alkanes) is 1. The summed E-state index contributed by atoms with van der Waals surface area (Å²) < 4.78 is 41.2. The predicted octanol–water partition coefficient (Wildman–Crippen LogP) is 4.08. The largest absolute Gasteiger partial charge is 0.496 e. The minimum absolute atomic E-state index is 0.0574. The van der Waals surface area contributed by atoms with Gasteiger partial charge in [-0.3, -0.25) is 0 Å². The normalized spacial score (nSPS) is 13.3. The molecule has 0 radical (unpaired) electrons. The molecule has 1 aromatic rings. The maximum absolute atomic E-state index is 12.0. The summed E-state index contributed by atoms with van der Waals surface area (Å²) in [5.41, 5.74) is 1.01. The van der Waals surface area contributed by atoms with Gasteiger partial charge in [0, 0.05) is 18.0 Å². The zero-order valence-electron chi connectivity index (χ0n) is 11.3. The second-order valence-electron chi connectivity index (χ2n) is 4.49. The van der Waals surface area contributed by atoms with Crippen molar-refractivity contribution in [2.45, 2.75) is 38.4 Å². The van der Waals surface area contributed by atoms with E-state index in [4.69, 9.17) is 4.74 Å². The van der Waals surface area contributed by atoms with Crippen LogP contribution < -0.4 is 10.1 Å². The zero-order chi connectivity index (χ0) is 14.3. The lowest BCUT2D eigenvalue weighted by atomic mass is 10.1. The van der Waals surface area contributed by atoms with Crippen molar-refractivity contribution < 1.29 is 17.9 Å². The van der Waals surface area contributed by atoms with Crippen LogP contribution in [0.3, 0.4) is 0 Å². The molecule has 0 fully saturated rings. The van der Waals surface area contributed by atoms with Gasteiger partial charge in [-0.25, -0.2) is 0 Å². The fourth-order valence-electron chi connectivity index (χ4n) is 1.90. The van der Waals surface area contributed by atoms with Gasteiger partial charge < -0.3 is 10.1 Å². The quantitative estimate of drug-likeness (QED) is 0.757. The lowest BCUT2D eigenvalue weighted by Crippen LogP contribution is -2.20. The van der Waals surface area contributed by atoms with Gasteiger partial charge in [0.2, 0.25) is 0 Å². The van der Waals surface area contributed by atoms with Gasteiger partial charge >= 0.3 is 6.18 Å². The molecule has 0 bridgehead atoms. The molecule has 0 spiro atoms. The summed E-state index contributed by atoms with van der Waals surface area (Å²) >= 11 is 0. The number of para-hydroxylation sites is 1. The summed E-state index contributed by atoms with van der Waals surface area (Å²) in [6.45, 7) is 2.54. The molecule has 2 nitrogen and oxygen atoms in total. The van der Waals surface area contributed by atoms with Crippen LogP contribution in [0, 0.1) is 0 Å². The van der Waals surface area contributed by atoms with Crippen LogP contribution in [0.2, 0.25) is 0 Å². The van der Waals surface area contributed by atoms with Gasteiger partial charge in [-0.2, -0.15) is 13.2 Å². The first kappa shape index (κ1) is 15.8. The number of halogens is 3. The van der Waals surface area contributed by atoms with Crippen molar-refractivity contribution in [2.75, 3.05) is 13.7 Å². The molecule has 0 heterocycles. The summed E-state index contributed by atoms with van der Waals surface area (Å²) in [5.74, 6) is 0.790. The third-order valence-corrected chi connectivity index (χ3v) is 2.94. The Morgan fingerprint density at radius 1 is 1.21 bits per heavy atom. The Balaban J connectivity index is 2.33. The molecule has 1 N–H and O–H groups in total. The molecule has 1 aromatic carbocycles. The fourth-order valence-corrected chi connectivity index (χ4v) is 1.90. The number of rotatable bonds is 7. The summed E-state index contributed by atoms with van der Waals surface area (Å²) in [7, 11) is 1.61. The first-order valence-corrected chi connectivity index (χ1v) is 6.37. The lowest BCUT2D eigenvalue weighted by molar-refractivity contribution is -0.135. The zero-order valence-corrected chi connectivity index (χ0v) is 11.3. The van der Waals surface area contributed by atoms with E-state index in [1.54, 1.807) is 7.11 Å². The Morgan fingerprint density at radius 3 is 2.53 bits per heavy atom. The van der Waals surface area contributed by atoms with E-state index in [1.807, 2.05) is 31.2 Å². The van der Waals surface area contributed by atoms with Crippen LogP contribution in [-0.2, 0) is 0 Å². The van der Waals surface area contributed by atoms with Gasteiger partial charge in [0.1, 0.15) is 5.75 Å². The molecule has 0 aliphatic carbocycles. The maximum atomic E-state index is 12.0. The van der Waals surface area contributed by atoms with Crippen LogP contribution in [0.1, 0.15) is 37.8 Å². The SMILES string of the molecule is COc1ccccc1C(C)NCCCCC(F)(F)F. The van der Waals surface area contributed by atoms with Crippen molar-refractivity contribution in [3.63, 3.8) is 0 Å². The smallest absolute Gasteiger partial charge is 0.389 e. The molecular formula is C14H20F3NO. The van der Waals surface area contributed by atoms with E-state index in [9.17, 15) is 13.2 Å². The van der Waals surface area contributed by atoms with Gasteiger partial charge in [0.15, 0.2) is 0 Å². The molecule has 0 aliphatic rings. The number of ether oxygens (including phenoxy) is 1. The minimum Gasteiger partial charge on any atom is -0.496 e. The van der Waals surface area contributed by atoms with E-state index >= 15 is 0 Å². The Labute approximate surface area is 112 Å². The molecular weight excluding hydrogens is 255 g/mol. The highest BCUT2D eigenvalue weighted by molar-refractivity contribution is 5.35. The van der Waals surface area contributed by atoms with Gasteiger partial charge in [-0.15, -0.1) is 0 Å². The van der Waals surface area contributed by atoms with Crippen LogP contribution in [0.5, 0.6) is 5.75 Å². The molecule has 108 valence electrons. The molecule has 1 unspecified atom stereocenters. The summed E-state index contributed by atoms with van der Waals surface area (Å²) in [4.78, 5) is 0. The summed E-state index contributed by atoms with van der Waals surface area (Å²) in [5, 5.41) is 3.21. The molecule has 0 aliphatic heterocycles. The molecule has 1 rings (SSSR count). The van der Waals surface area contributed by atoms with Crippen LogP contribution in [0.25, 0.3) is 0 Å². The van der Waals surface area contributed by atoms with E-state index in [0.29, 0.717) is 13.0 Å². The molecule has 19 heavy (non-hydrogen) atoms. The van der Waals surface area contributed by atoms with Crippen molar-refractivity contribution in [3.05, 3.63) is 29.8 Å². The van der Waals surface area contributed by atoms with Crippen molar-refractivity contribution >= 4 is 0 Å². The molecule has 5 heteroatoms. The highest BCUT2D eigenvalue weighted by atomic mass is 19.4. The monoisotopic (exact) mass is 275 g/mol. The van der Waals surface area contributed by atoms with E-state index in [0.717, 1.165) is 11.3 Å². The van der Waals surface area contributed by atoms with Crippen LogP contribution >= 0.6 is 0 Å². The molecule has 0 saturated heterocycles. The van der Waals surface area contributed by atoms with Gasteiger partial charge in [-0.1, -0.05) is 18.2 Å². The van der Waals surface area contributed by atoms with Gasteiger partial charge in [0.25, 0.3) is 0 Å². The van der Waals surface area contributed by atoms with Crippen molar-refractivity contribution in [2.24, 2.45) is 0 Å². The first-order valence-electron chi connectivity index (χ1n) is 6.37. The van der Waals surface area contributed by atoms with Crippen LogP contribution in [0.15, 0.2) is 24.3 Å². The van der Waals surface area contributed by atoms with Gasteiger partial charge in [-0.05, 0) is 32.4 Å². The standard InChI is InChI=1S/C14H20F3NO/c1-11(12-7-3-4-8-13(12)19-2)18-10-6-5-9-14(15,16)17/h3-4,7-8,11,18H,5-6,9-10H2,1-2H3. The number of hydrogen-bond acceptors (Lipinski definition) is 2. The number of hydrogen-bond donors (Lipinski definition) is 1. The number of methoxy groups -OCH3 is 1. The Bertz CT molecular complexity index is 379. The minimum atomic E-state index is -4.05. The Kier molecular flexibility index (Phi) is 6.15. The third-order valence-electron chi connectivity index (χ3n) is 2.94. The number of alkyl halides is 3. The second-order valence-corrected chi connectivity index (χ2v) is 4.49. The Morgan fingerprint density at radius 2 is 1.89 bits per heavy atom. The molecule has 0 aromatic heterocycles. The van der Waals surface area contributed by atoms with Crippen LogP contribution in [-0.4, -0.2) is 19.8 Å². The van der Waals surface area contributed by atoms with Crippen LogP contribution in [0.4, 0.5) is 13.2 Å². The maximum Gasteiger partial charge on any atom is 0.389 e. The second kappa shape index (κ2) is 7.38. The molecule has 0 amide bonds. The number of nitrogens with one attached hydrogen (secondary N) is 1. The van der Waals surface area contributed by atoms with E-state index in [2.05, 4.69) is 5.32 Å². The average molecular weight is 275 g/mol. The van der Waals surface area contributed by atoms with E-state index in [-0.39, 0.29) is 12.5 Å². The topological polar surface area (TPSA) is 21.3 Å². The highest BCUT2D eigenvalue weighted by Crippen LogP contribution is 2.25. The highest BCUT2D eigenvalue weighted by Gasteiger charge is 2.25.